The van der Waals surface area contributed by atoms with Gasteiger partial charge in [0.1, 0.15) is 76.2 Å². The van der Waals surface area contributed by atoms with E-state index in [1.165, 1.54) is 132 Å². The molecule has 8 aromatic rings. The molecule has 8 amide bonds. The lowest BCUT2D eigenvalue weighted by atomic mass is 10.1. The number of anilines is 5. The number of benzene rings is 7. The molecule has 0 saturated carbocycles. The summed E-state index contributed by atoms with van der Waals surface area (Å²) in [5.41, 5.74) is -1.59. The molecule has 5 saturated heterocycles. The van der Waals surface area contributed by atoms with Gasteiger partial charge >= 0.3 is 18.3 Å². The van der Waals surface area contributed by atoms with Crippen molar-refractivity contribution in [1.29, 1.82) is 0 Å². The lowest BCUT2D eigenvalue weighted by Crippen LogP contribution is -2.61. The lowest BCUT2D eigenvalue weighted by Gasteiger charge is -2.40. The molecule has 1 aromatic heterocycles. The van der Waals surface area contributed by atoms with Gasteiger partial charge in [0.05, 0.1) is 66.5 Å². The predicted molar refractivity (Wildman–Crippen MR) is 520 cm³/mol. The summed E-state index contributed by atoms with van der Waals surface area (Å²) in [7, 11) is -16.9. The van der Waals surface area contributed by atoms with Crippen molar-refractivity contribution in [2.45, 2.75) is 131 Å². The van der Waals surface area contributed by atoms with Crippen molar-refractivity contribution in [3.05, 3.63) is 218 Å². The molecule has 5 N–H and O–H groups in total. The molecule has 142 heavy (non-hydrogen) atoms. The van der Waals surface area contributed by atoms with Gasteiger partial charge in [-0.2, -0.15) is 21.5 Å². The van der Waals surface area contributed by atoms with Crippen LogP contribution in [0.5, 0.6) is 0 Å². The summed E-state index contributed by atoms with van der Waals surface area (Å²) in [6.07, 6.45) is -0.442. The minimum Gasteiger partial charge on any atom is -0.444 e. The van der Waals surface area contributed by atoms with E-state index in [1.807, 2.05) is 0 Å². The monoisotopic (exact) mass is 2180 g/mol. The Morgan fingerprint density at radius 3 is 0.937 bits per heavy atom. The van der Waals surface area contributed by atoms with Gasteiger partial charge in [0, 0.05) is 127 Å². The molecule has 0 spiro atoms. The molecule has 0 aliphatic carbocycles. The highest BCUT2D eigenvalue weighted by Gasteiger charge is 2.46. The number of aromatic nitrogens is 2. The minimum atomic E-state index is -3.90. The second kappa shape index (κ2) is 48.9. The number of imidazole rings is 1. The van der Waals surface area contributed by atoms with E-state index in [0.717, 1.165) is 49.5 Å². The van der Waals surface area contributed by atoms with E-state index in [9.17, 15) is 102 Å². The van der Waals surface area contributed by atoms with E-state index >= 15 is 0 Å². The molecule has 0 radical (unpaired) electrons. The maximum atomic E-state index is 13.8. The number of halogens is 10. The molecule has 774 valence electrons. The van der Waals surface area contributed by atoms with Crippen LogP contribution in [0.25, 0.3) is 0 Å². The highest BCUT2D eigenvalue weighted by molar-refractivity contribution is 7.90. The zero-order valence-corrected chi connectivity index (χ0v) is 86.3. The van der Waals surface area contributed by atoms with Crippen molar-refractivity contribution in [2.24, 2.45) is 7.05 Å². The van der Waals surface area contributed by atoms with Crippen LogP contribution in [-0.2, 0) is 105 Å². The molecule has 5 aliphatic heterocycles. The van der Waals surface area contributed by atoms with E-state index in [2.05, 4.69) is 31.6 Å². The number of aryl methyl sites for hydroxylation is 1. The van der Waals surface area contributed by atoms with Gasteiger partial charge in [-0.05, 0) is 184 Å². The smallest absolute Gasteiger partial charge is 0.411 e. The van der Waals surface area contributed by atoms with Crippen LogP contribution in [0.2, 0.25) is 25.1 Å². The number of sulfonamides is 5. The number of hydrogen-bond acceptors (Lipinski definition) is 24. The Labute approximate surface area is 843 Å². The predicted octanol–water partition coefficient (Wildman–Crippen LogP) is 12.5. The summed E-state index contributed by atoms with van der Waals surface area (Å²) in [6, 6.07) is 31.2. The molecule has 5 aliphatic rings. The van der Waals surface area contributed by atoms with Crippen LogP contribution >= 0.6 is 58.0 Å². The Hall–Kier alpha value is -10.5. The molecular weight excluding hydrogens is 2080 g/mol. The second-order valence-corrected chi connectivity index (χ2v) is 46.9. The number of ether oxygens (including phenoxy) is 5. The lowest BCUT2D eigenvalue weighted by molar-refractivity contribution is -0.131. The largest absolute Gasteiger partial charge is 0.444 e. The quantitative estimate of drug-likeness (QED) is 0.0371. The number of piperazine rings is 3. The number of hydrogen-bond donors (Lipinski definition) is 5. The summed E-state index contributed by atoms with van der Waals surface area (Å²) in [6.45, 7) is 16.0. The first-order valence-corrected chi connectivity index (χ1v) is 52.8. The molecule has 5 atom stereocenters. The molecule has 6 heterocycles. The van der Waals surface area contributed by atoms with Crippen LogP contribution in [0.3, 0.4) is 0 Å². The summed E-state index contributed by atoms with van der Waals surface area (Å²) in [5, 5.41) is 12.0. The average molecular weight is 2190 g/mol. The number of nitrogens with zero attached hydrogens (tertiary/aromatic N) is 10. The fourth-order valence-corrected chi connectivity index (χ4v) is 20.5. The van der Waals surface area contributed by atoms with E-state index in [1.54, 1.807) is 106 Å². The number of carbonyl (C=O) groups excluding carboxylic acids is 8. The summed E-state index contributed by atoms with van der Waals surface area (Å²) in [5.74, 6) is -6.77. The Kier molecular flexibility index (Phi) is 39.6. The van der Waals surface area contributed by atoms with Crippen molar-refractivity contribution in [3.8, 4) is 0 Å². The van der Waals surface area contributed by atoms with Crippen LogP contribution in [0.4, 0.5) is 64.8 Å². The fourth-order valence-electron chi connectivity index (χ4n) is 13.7. The zero-order valence-electron chi connectivity index (χ0n) is 78.5. The molecule has 7 aromatic carbocycles. The van der Waals surface area contributed by atoms with Gasteiger partial charge in [-0.1, -0.05) is 94.4 Å². The van der Waals surface area contributed by atoms with Gasteiger partial charge in [0.25, 0.3) is 21.8 Å². The standard InChI is InChI=1S/C22H25ClFN3O5S.C18H25ClFN3O5S.C17H23ClFN3O5S.C17H16ClFN2O4S.C15H16ClFN4O4S/c1-22(2,3)32-21(29)27-12-11-26(33(30,31)16-7-5-4-6-8-16)14-19(27)20(28)25-15-9-10-17(23)18(24)13-15;1-5-29(26,27)22-8-9-23(17(25)28-18(2,3)4)15(11-22)16(24)21-12-6-7-13(19)14(20)10-12;1-17(2,3)27-16(24)22-8-7-21(28(4,25)26)10-14(22)15(23)20-11-5-6-12(18)13(19)9-11;18-14-7-6-12(10-15(14)19)20-17(22)16-11-21(8-9-25-16)26(23,24)13-4-2-1-3-5-13;1-20-8-14(18-9-20)26(23,24)21-4-5-25-13(7-21)15(22)19-10-2-3-11(16)12(17)6-10/h4-10,13,19H,11-12,14H2,1-3H3,(H,25,28);6-7,10,15H,5,8-9,11H2,1-4H3,(H,21,24);5-6,9,14H,7-8,10H2,1-4H3,(H,20,23);1-7,10,16H,8-9,11H2,(H,20,22);2-3,6,8-9,13H,4-5,7H2,1H3,(H,19,22). The first kappa shape index (κ1) is 115. The van der Waals surface area contributed by atoms with Gasteiger partial charge in [-0.15, -0.1) is 0 Å². The Morgan fingerprint density at radius 2 is 0.655 bits per heavy atom. The van der Waals surface area contributed by atoms with Crippen LogP contribution in [-0.4, -0.2) is 293 Å². The molecule has 5 unspecified atom stereocenters. The maximum absolute atomic E-state index is 13.8. The van der Waals surface area contributed by atoms with Gasteiger partial charge in [0.15, 0.2) is 5.03 Å². The van der Waals surface area contributed by atoms with Gasteiger partial charge < -0.3 is 54.8 Å². The summed E-state index contributed by atoms with van der Waals surface area (Å²) < 4.78 is 227. The van der Waals surface area contributed by atoms with Crippen molar-refractivity contribution >= 4 is 184 Å². The number of carbonyl (C=O) groups is 8. The minimum absolute atomic E-state index is 0.0127. The van der Waals surface area contributed by atoms with Crippen LogP contribution in [0.15, 0.2) is 179 Å². The van der Waals surface area contributed by atoms with Crippen molar-refractivity contribution in [2.75, 3.05) is 137 Å². The first-order chi connectivity index (χ1) is 66.1. The normalized spacial score (nSPS) is 18.3. The Balaban J connectivity index is 0.000000199. The highest BCUT2D eigenvalue weighted by Crippen LogP contribution is 2.32. The number of amides is 8. The molecule has 0 bridgehead atoms. The first-order valence-electron chi connectivity index (χ1n) is 43.2. The van der Waals surface area contributed by atoms with Crippen LogP contribution in [0.1, 0.15) is 69.2 Å². The SMILES string of the molecule is CC(C)(C)OC(=O)N1CCN(S(=O)(=O)c2ccccc2)CC1C(=O)Nc1ccc(Cl)c(F)c1.CC(C)(C)OC(=O)N1CCN(S(C)(=O)=O)CC1C(=O)Nc1ccc(Cl)c(F)c1.CCS(=O)(=O)N1CCN(C(=O)OC(C)(C)C)C(C(=O)Nc2ccc(Cl)c(F)c2)C1.Cn1cnc(S(=O)(=O)N2CCOC(C(=O)Nc3ccc(Cl)c(F)c3)C2)c1.O=C(Nc1ccc(Cl)c(F)c1)C1CN(S(=O)(=O)c2ccccc2)CCO1. The van der Waals surface area contributed by atoms with Crippen molar-refractivity contribution in [1.82, 2.24) is 45.8 Å². The third kappa shape index (κ3) is 32.5. The molecule has 13 rings (SSSR count). The van der Waals surface area contributed by atoms with E-state index in [0.29, 0.717) is 0 Å². The molecule has 53 heteroatoms. The number of morpholine rings is 2. The third-order valence-corrected chi connectivity index (χ3v) is 30.8. The Morgan fingerprint density at radius 1 is 0.380 bits per heavy atom. The van der Waals surface area contributed by atoms with E-state index in [-0.39, 0.29) is 172 Å². The third-order valence-electron chi connectivity index (χ3n) is 20.7. The maximum Gasteiger partial charge on any atom is 0.411 e. The summed E-state index contributed by atoms with van der Waals surface area (Å²) in [4.78, 5) is 109. The van der Waals surface area contributed by atoms with Gasteiger partial charge in [0.2, 0.25) is 57.8 Å². The topological polar surface area (TPSA) is 457 Å². The number of nitrogens with one attached hydrogen (secondary N) is 5. The van der Waals surface area contributed by atoms with Crippen molar-refractivity contribution < 1.29 is 126 Å². The van der Waals surface area contributed by atoms with Crippen LogP contribution in [0, 0.1) is 29.1 Å². The summed E-state index contributed by atoms with van der Waals surface area (Å²) >= 11 is 28.2. The molecule has 5 fully saturated rings. The number of rotatable bonds is 19. The van der Waals surface area contributed by atoms with Crippen LogP contribution < -0.4 is 26.6 Å². The fraction of sp³-hybridized carbons (Fsp3) is 0.404. The van der Waals surface area contributed by atoms with Gasteiger partial charge in [-0.25, -0.2) is 83.4 Å². The average Bonchev–Trinajstić information content (AvgIpc) is 0.877. The zero-order chi connectivity index (χ0) is 105. The van der Waals surface area contributed by atoms with Crippen molar-refractivity contribution in [3.63, 3.8) is 0 Å². The Bertz CT molecular complexity index is 6530. The molecule has 38 nitrogen and oxygen atoms in total. The van der Waals surface area contributed by atoms with Gasteiger partial charge in [-0.3, -0.25) is 38.7 Å². The molecular formula is C89H105Cl5F5N15O23S5. The van der Waals surface area contributed by atoms with E-state index in [4.69, 9.17) is 81.7 Å². The highest BCUT2D eigenvalue weighted by atomic mass is 35.5. The second-order valence-electron chi connectivity index (χ2n) is 34.9. The van der Waals surface area contributed by atoms with E-state index < -0.39 is 174 Å².